The van der Waals surface area contributed by atoms with Gasteiger partial charge in [0, 0.05) is 5.69 Å². The number of aryl methyl sites for hydroxylation is 1. The molecule has 2 aromatic rings. The average molecular weight is 333 g/mol. The predicted octanol–water partition coefficient (Wildman–Crippen LogP) is 4.02. The van der Waals surface area contributed by atoms with Gasteiger partial charge >= 0.3 is 0 Å². The minimum Gasteiger partial charge on any atom is -0.354 e. The second kappa shape index (κ2) is 7.00. The lowest BCUT2D eigenvalue weighted by Crippen LogP contribution is -2.15. The van der Waals surface area contributed by atoms with Crippen LogP contribution in [0.4, 0.5) is 17.2 Å². The van der Waals surface area contributed by atoms with Crippen molar-refractivity contribution in [3.8, 4) is 0 Å². The molecule has 2 rings (SSSR count). The predicted molar refractivity (Wildman–Crippen MR) is 95.9 cm³/mol. The quantitative estimate of drug-likeness (QED) is 0.837. The van der Waals surface area contributed by atoms with E-state index in [1.165, 1.54) is 5.56 Å². The lowest BCUT2D eigenvalue weighted by molar-refractivity contribution is 0.602. The number of nitrogens with zero attached hydrogens (tertiary/aromatic N) is 1. The zero-order valence-electron chi connectivity index (χ0n) is 13.9. The number of benzene rings is 1. The van der Waals surface area contributed by atoms with Gasteiger partial charge in [0.1, 0.15) is 5.82 Å². The lowest BCUT2D eigenvalue weighted by atomic mass is 9.98. The summed E-state index contributed by atoms with van der Waals surface area (Å²) in [5.74, 6) is 0.752. The number of aromatic nitrogens is 1. The molecule has 0 unspecified atom stereocenters. The van der Waals surface area contributed by atoms with Crippen molar-refractivity contribution in [3.05, 3.63) is 47.7 Å². The molecule has 0 spiro atoms. The van der Waals surface area contributed by atoms with E-state index in [-0.39, 0.29) is 5.75 Å². The first-order valence-electron chi connectivity index (χ1n) is 7.65. The minimum absolute atomic E-state index is 0.0235. The molecule has 0 saturated heterocycles. The molecule has 1 aromatic heterocycles. The monoisotopic (exact) mass is 333 g/mol. The maximum atomic E-state index is 11.5. The molecule has 0 fully saturated rings. The van der Waals surface area contributed by atoms with Gasteiger partial charge in [-0.1, -0.05) is 32.0 Å². The smallest absolute Gasteiger partial charge is 0.233 e. The van der Waals surface area contributed by atoms with Crippen LogP contribution in [0.5, 0.6) is 0 Å². The second-order valence-corrected chi connectivity index (χ2v) is 7.77. The Labute approximate surface area is 138 Å². The SMILES string of the molecule is CCS(=O)(=O)Nc1ccc(Nc2c(C)cccc2C(C)C)cn1. The summed E-state index contributed by atoms with van der Waals surface area (Å²) in [5, 5.41) is 3.39. The number of hydrogen-bond acceptors (Lipinski definition) is 4. The van der Waals surface area contributed by atoms with Gasteiger partial charge in [-0.2, -0.15) is 0 Å². The molecule has 5 nitrogen and oxygen atoms in total. The maximum Gasteiger partial charge on any atom is 0.233 e. The van der Waals surface area contributed by atoms with Crippen molar-refractivity contribution in [2.75, 3.05) is 15.8 Å². The van der Waals surface area contributed by atoms with Gasteiger partial charge < -0.3 is 5.32 Å². The Morgan fingerprint density at radius 3 is 2.48 bits per heavy atom. The molecule has 0 amide bonds. The first kappa shape index (κ1) is 17.3. The lowest BCUT2D eigenvalue weighted by Gasteiger charge is -2.17. The summed E-state index contributed by atoms with van der Waals surface area (Å²) in [6.45, 7) is 7.96. The summed E-state index contributed by atoms with van der Waals surface area (Å²) in [4.78, 5) is 4.16. The van der Waals surface area contributed by atoms with E-state index in [1.807, 2.05) is 6.07 Å². The van der Waals surface area contributed by atoms with E-state index in [4.69, 9.17) is 0 Å². The molecule has 0 aliphatic rings. The standard InChI is InChI=1S/C17H23N3O2S/c1-5-23(21,22)20-16-10-9-14(11-18-16)19-17-13(4)7-6-8-15(17)12(2)3/h6-12,19H,5H2,1-4H3,(H,18,20). The highest BCUT2D eigenvalue weighted by molar-refractivity contribution is 7.92. The zero-order chi connectivity index (χ0) is 17.0. The van der Waals surface area contributed by atoms with Gasteiger partial charge in [-0.15, -0.1) is 0 Å². The fourth-order valence-corrected chi connectivity index (χ4v) is 2.83. The zero-order valence-corrected chi connectivity index (χ0v) is 14.7. The van der Waals surface area contributed by atoms with Crippen molar-refractivity contribution in [3.63, 3.8) is 0 Å². The van der Waals surface area contributed by atoms with Gasteiger partial charge in [0.15, 0.2) is 0 Å². The van der Waals surface area contributed by atoms with Gasteiger partial charge in [0.25, 0.3) is 0 Å². The van der Waals surface area contributed by atoms with Gasteiger partial charge in [-0.05, 0) is 43.0 Å². The molecule has 124 valence electrons. The van der Waals surface area contributed by atoms with Crippen LogP contribution in [0.1, 0.15) is 37.8 Å². The summed E-state index contributed by atoms with van der Waals surface area (Å²) in [5.41, 5.74) is 4.29. The Balaban J connectivity index is 2.22. The maximum absolute atomic E-state index is 11.5. The molecular weight excluding hydrogens is 310 g/mol. The van der Waals surface area contributed by atoms with Crippen molar-refractivity contribution in [2.24, 2.45) is 0 Å². The van der Waals surface area contributed by atoms with Crippen molar-refractivity contribution in [1.82, 2.24) is 4.98 Å². The summed E-state index contributed by atoms with van der Waals surface area (Å²) < 4.78 is 25.5. The van der Waals surface area contributed by atoms with Crippen LogP contribution in [0.15, 0.2) is 36.5 Å². The number of hydrogen-bond donors (Lipinski definition) is 2. The van der Waals surface area contributed by atoms with Crippen LogP contribution in [-0.4, -0.2) is 19.2 Å². The number of nitrogens with one attached hydrogen (secondary N) is 2. The van der Waals surface area contributed by atoms with E-state index in [9.17, 15) is 8.42 Å². The Bertz CT molecular complexity index is 769. The van der Waals surface area contributed by atoms with E-state index in [0.29, 0.717) is 11.7 Å². The fraction of sp³-hybridized carbons (Fsp3) is 0.353. The normalized spacial score (nSPS) is 11.5. The molecule has 23 heavy (non-hydrogen) atoms. The first-order valence-corrected chi connectivity index (χ1v) is 9.30. The van der Waals surface area contributed by atoms with Crippen molar-refractivity contribution >= 4 is 27.2 Å². The third-order valence-corrected chi connectivity index (χ3v) is 4.88. The number of para-hydroxylation sites is 1. The van der Waals surface area contributed by atoms with Gasteiger partial charge in [0.2, 0.25) is 10.0 Å². The third-order valence-electron chi connectivity index (χ3n) is 3.60. The van der Waals surface area contributed by atoms with Crippen LogP contribution in [0.3, 0.4) is 0 Å². The van der Waals surface area contributed by atoms with Crippen LogP contribution < -0.4 is 10.0 Å². The van der Waals surface area contributed by atoms with Crippen molar-refractivity contribution < 1.29 is 8.42 Å². The summed E-state index contributed by atoms with van der Waals surface area (Å²) in [6, 6.07) is 9.69. The Kier molecular flexibility index (Phi) is 5.26. The van der Waals surface area contributed by atoms with E-state index in [1.54, 1.807) is 19.2 Å². The average Bonchev–Trinajstić information content (AvgIpc) is 2.50. The molecule has 0 saturated carbocycles. The van der Waals surface area contributed by atoms with Crippen LogP contribution >= 0.6 is 0 Å². The van der Waals surface area contributed by atoms with Gasteiger partial charge in [0.05, 0.1) is 17.6 Å². The third kappa shape index (κ3) is 4.45. The Morgan fingerprint density at radius 1 is 1.17 bits per heavy atom. The number of pyridine rings is 1. The molecule has 1 heterocycles. The van der Waals surface area contributed by atoms with Gasteiger partial charge in [-0.25, -0.2) is 13.4 Å². The number of rotatable bonds is 6. The van der Waals surface area contributed by atoms with Crippen LogP contribution in [-0.2, 0) is 10.0 Å². The number of sulfonamides is 1. The highest BCUT2D eigenvalue weighted by atomic mass is 32.2. The molecule has 2 N–H and O–H groups in total. The van der Waals surface area contributed by atoms with E-state index >= 15 is 0 Å². The van der Waals surface area contributed by atoms with Crippen LogP contribution in [0.25, 0.3) is 0 Å². The molecule has 0 atom stereocenters. The van der Waals surface area contributed by atoms with Crippen LogP contribution in [0.2, 0.25) is 0 Å². The summed E-state index contributed by atoms with van der Waals surface area (Å²) in [6.07, 6.45) is 1.63. The molecule has 0 aliphatic heterocycles. The molecule has 0 radical (unpaired) electrons. The minimum atomic E-state index is -3.30. The molecular formula is C17H23N3O2S. The second-order valence-electron chi connectivity index (χ2n) is 5.76. The van der Waals surface area contributed by atoms with E-state index < -0.39 is 10.0 Å². The number of anilines is 3. The Morgan fingerprint density at radius 2 is 1.91 bits per heavy atom. The van der Waals surface area contributed by atoms with Crippen molar-refractivity contribution in [1.29, 1.82) is 0 Å². The van der Waals surface area contributed by atoms with Gasteiger partial charge in [-0.3, -0.25) is 4.72 Å². The molecule has 6 heteroatoms. The molecule has 0 aliphatic carbocycles. The van der Waals surface area contributed by atoms with E-state index in [0.717, 1.165) is 16.9 Å². The highest BCUT2D eigenvalue weighted by Gasteiger charge is 2.10. The first-order chi connectivity index (χ1) is 10.8. The Hall–Kier alpha value is -2.08. The molecule has 1 aromatic carbocycles. The van der Waals surface area contributed by atoms with Crippen molar-refractivity contribution in [2.45, 2.75) is 33.6 Å². The summed E-state index contributed by atoms with van der Waals surface area (Å²) >= 11 is 0. The van der Waals surface area contributed by atoms with E-state index in [2.05, 4.69) is 54.0 Å². The highest BCUT2D eigenvalue weighted by Crippen LogP contribution is 2.30. The fourth-order valence-electron chi connectivity index (χ4n) is 2.25. The summed E-state index contributed by atoms with van der Waals surface area (Å²) in [7, 11) is -3.30. The molecule has 0 bridgehead atoms. The van der Waals surface area contributed by atoms with Crippen LogP contribution in [0, 0.1) is 6.92 Å². The largest absolute Gasteiger partial charge is 0.354 e. The topological polar surface area (TPSA) is 71.1 Å².